The number of halogens is 2. The highest BCUT2D eigenvalue weighted by Gasteiger charge is 2.16. The predicted molar refractivity (Wildman–Crippen MR) is 68.1 cm³/mol. The lowest BCUT2D eigenvalue weighted by Crippen LogP contribution is -2.35. The molecule has 1 aromatic rings. The van der Waals surface area contributed by atoms with Crippen LogP contribution in [0.5, 0.6) is 0 Å². The standard InChI is InChI=1S/C12H15Cl2NO/c1-12(2,15)7-9(16)5-8-3-4-10(13)11(14)6-8/h3-4,6H,5,7,15H2,1-2H3. The van der Waals surface area contributed by atoms with Crippen LogP contribution in [-0.2, 0) is 11.2 Å². The van der Waals surface area contributed by atoms with Gasteiger partial charge in [-0.25, -0.2) is 0 Å². The molecule has 0 fully saturated rings. The molecule has 88 valence electrons. The van der Waals surface area contributed by atoms with Gasteiger partial charge in [-0.2, -0.15) is 0 Å². The van der Waals surface area contributed by atoms with E-state index < -0.39 is 5.54 Å². The van der Waals surface area contributed by atoms with Crippen molar-refractivity contribution in [1.29, 1.82) is 0 Å². The maximum Gasteiger partial charge on any atom is 0.139 e. The van der Waals surface area contributed by atoms with Gasteiger partial charge >= 0.3 is 0 Å². The number of hydrogen-bond donors (Lipinski definition) is 1. The topological polar surface area (TPSA) is 43.1 Å². The second kappa shape index (κ2) is 5.17. The van der Waals surface area contributed by atoms with Gasteiger partial charge in [-0.05, 0) is 31.5 Å². The summed E-state index contributed by atoms with van der Waals surface area (Å²) in [6.45, 7) is 3.67. The molecule has 0 spiro atoms. The van der Waals surface area contributed by atoms with E-state index in [2.05, 4.69) is 0 Å². The van der Waals surface area contributed by atoms with E-state index in [-0.39, 0.29) is 5.78 Å². The molecule has 0 aliphatic heterocycles. The van der Waals surface area contributed by atoms with Crippen molar-refractivity contribution < 1.29 is 4.79 Å². The van der Waals surface area contributed by atoms with Crippen molar-refractivity contribution in [1.82, 2.24) is 0 Å². The molecule has 1 aromatic carbocycles. The average Bonchev–Trinajstić information content (AvgIpc) is 2.08. The van der Waals surface area contributed by atoms with Crippen molar-refractivity contribution in [2.45, 2.75) is 32.2 Å². The number of Topliss-reactive ketones (excluding diaryl/α,β-unsaturated/α-hetero) is 1. The van der Waals surface area contributed by atoms with Gasteiger partial charge in [0.25, 0.3) is 0 Å². The van der Waals surface area contributed by atoms with Crippen LogP contribution in [0.3, 0.4) is 0 Å². The molecule has 0 saturated carbocycles. The number of nitrogens with two attached hydrogens (primary N) is 1. The monoisotopic (exact) mass is 259 g/mol. The van der Waals surface area contributed by atoms with E-state index in [1.807, 2.05) is 13.8 Å². The van der Waals surface area contributed by atoms with Gasteiger partial charge in [0.05, 0.1) is 10.0 Å². The van der Waals surface area contributed by atoms with E-state index in [0.29, 0.717) is 22.9 Å². The molecular formula is C12H15Cl2NO. The van der Waals surface area contributed by atoms with E-state index in [9.17, 15) is 4.79 Å². The number of carbonyl (C=O) groups is 1. The lowest BCUT2D eigenvalue weighted by Gasteiger charge is -2.16. The van der Waals surface area contributed by atoms with Crippen molar-refractivity contribution in [2.75, 3.05) is 0 Å². The first-order valence-corrected chi connectivity index (χ1v) is 5.78. The summed E-state index contributed by atoms with van der Waals surface area (Å²) in [6.07, 6.45) is 0.699. The van der Waals surface area contributed by atoms with E-state index in [1.165, 1.54) is 0 Å². The summed E-state index contributed by atoms with van der Waals surface area (Å²) in [5, 5.41) is 0.969. The Morgan fingerprint density at radius 3 is 2.44 bits per heavy atom. The van der Waals surface area contributed by atoms with Crippen LogP contribution >= 0.6 is 23.2 Å². The molecule has 0 heterocycles. The minimum Gasteiger partial charge on any atom is -0.325 e. The van der Waals surface area contributed by atoms with Gasteiger partial charge in [0.2, 0.25) is 0 Å². The normalized spacial score (nSPS) is 11.6. The Morgan fingerprint density at radius 2 is 1.94 bits per heavy atom. The summed E-state index contributed by atoms with van der Waals surface area (Å²) in [4.78, 5) is 11.7. The minimum atomic E-state index is -0.465. The van der Waals surface area contributed by atoms with Crippen LogP contribution in [0.15, 0.2) is 18.2 Å². The predicted octanol–water partition coefficient (Wildman–Crippen LogP) is 3.23. The first-order chi connectivity index (χ1) is 7.28. The van der Waals surface area contributed by atoms with E-state index >= 15 is 0 Å². The molecule has 0 atom stereocenters. The summed E-state index contributed by atoms with van der Waals surface area (Å²) < 4.78 is 0. The molecule has 0 amide bonds. The molecule has 0 unspecified atom stereocenters. The second-order valence-electron chi connectivity index (χ2n) is 4.63. The zero-order valence-electron chi connectivity index (χ0n) is 9.39. The summed E-state index contributed by atoms with van der Waals surface area (Å²) in [5.41, 5.74) is 6.18. The average molecular weight is 260 g/mol. The van der Waals surface area contributed by atoms with Gasteiger partial charge in [-0.15, -0.1) is 0 Å². The van der Waals surface area contributed by atoms with E-state index in [0.717, 1.165) is 5.56 Å². The first-order valence-electron chi connectivity index (χ1n) is 5.02. The molecule has 4 heteroatoms. The fourth-order valence-electron chi connectivity index (χ4n) is 1.45. The SMILES string of the molecule is CC(C)(N)CC(=O)Cc1ccc(Cl)c(Cl)c1. The fourth-order valence-corrected chi connectivity index (χ4v) is 1.77. The second-order valence-corrected chi connectivity index (χ2v) is 5.44. The molecule has 0 aromatic heterocycles. The van der Waals surface area contributed by atoms with Crippen molar-refractivity contribution in [2.24, 2.45) is 5.73 Å². The molecule has 1 rings (SSSR count). The van der Waals surface area contributed by atoms with Gasteiger partial charge in [0, 0.05) is 18.4 Å². The Hall–Kier alpha value is -0.570. The van der Waals surface area contributed by atoms with Crippen LogP contribution in [0.2, 0.25) is 10.0 Å². The molecule has 0 bridgehead atoms. The molecule has 2 nitrogen and oxygen atoms in total. The van der Waals surface area contributed by atoms with Crippen LogP contribution < -0.4 is 5.73 Å². The summed E-state index contributed by atoms with van der Waals surface area (Å²) >= 11 is 11.6. The summed E-state index contributed by atoms with van der Waals surface area (Å²) in [6, 6.07) is 5.21. The Bertz CT molecular complexity index is 396. The van der Waals surface area contributed by atoms with Gasteiger partial charge < -0.3 is 5.73 Å². The Balaban J connectivity index is 2.67. The van der Waals surface area contributed by atoms with Crippen molar-refractivity contribution in [3.8, 4) is 0 Å². The molecular weight excluding hydrogens is 245 g/mol. The summed E-state index contributed by atoms with van der Waals surface area (Å²) in [7, 11) is 0. The van der Waals surface area contributed by atoms with E-state index in [4.69, 9.17) is 28.9 Å². The maximum atomic E-state index is 11.7. The quantitative estimate of drug-likeness (QED) is 0.903. The molecule has 0 saturated heterocycles. The molecule has 0 radical (unpaired) electrons. The third-order valence-corrected chi connectivity index (χ3v) is 2.78. The number of benzene rings is 1. The number of hydrogen-bond acceptors (Lipinski definition) is 2. The van der Waals surface area contributed by atoms with Crippen LogP contribution in [-0.4, -0.2) is 11.3 Å². The van der Waals surface area contributed by atoms with Crippen LogP contribution in [0.4, 0.5) is 0 Å². The molecule has 0 aliphatic rings. The Morgan fingerprint density at radius 1 is 1.31 bits per heavy atom. The highest BCUT2D eigenvalue weighted by molar-refractivity contribution is 6.42. The number of rotatable bonds is 4. The molecule has 16 heavy (non-hydrogen) atoms. The van der Waals surface area contributed by atoms with Crippen molar-refractivity contribution >= 4 is 29.0 Å². The van der Waals surface area contributed by atoms with Crippen molar-refractivity contribution in [3.63, 3.8) is 0 Å². The Kier molecular flexibility index (Phi) is 4.36. The zero-order valence-corrected chi connectivity index (χ0v) is 10.9. The minimum absolute atomic E-state index is 0.103. The number of carbonyl (C=O) groups excluding carboxylic acids is 1. The van der Waals surface area contributed by atoms with Crippen LogP contribution in [0.1, 0.15) is 25.8 Å². The van der Waals surface area contributed by atoms with Gasteiger partial charge in [0.15, 0.2) is 0 Å². The van der Waals surface area contributed by atoms with Gasteiger partial charge in [-0.1, -0.05) is 29.3 Å². The third kappa shape index (κ3) is 4.52. The van der Waals surface area contributed by atoms with Gasteiger partial charge in [0.1, 0.15) is 5.78 Å². The maximum absolute atomic E-state index is 11.7. The largest absolute Gasteiger partial charge is 0.325 e. The molecule has 2 N–H and O–H groups in total. The Labute approximate surface area is 106 Å². The molecule has 0 aliphatic carbocycles. The van der Waals surface area contributed by atoms with Gasteiger partial charge in [-0.3, -0.25) is 4.79 Å². The van der Waals surface area contributed by atoms with Crippen LogP contribution in [0.25, 0.3) is 0 Å². The lowest BCUT2D eigenvalue weighted by atomic mass is 9.96. The zero-order chi connectivity index (χ0) is 12.3. The highest BCUT2D eigenvalue weighted by Crippen LogP contribution is 2.23. The lowest BCUT2D eigenvalue weighted by molar-refractivity contribution is -0.119. The number of ketones is 1. The fraction of sp³-hybridized carbons (Fsp3) is 0.417. The smallest absolute Gasteiger partial charge is 0.139 e. The van der Waals surface area contributed by atoms with Crippen LogP contribution in [0, 0.1) is 0 Å². The van der Waals surface area contributed by atoms with Crippen molar-refractivity contribution in [3.05, 3.63) is 33.8 Å². The highest BCUT2D eigenvalue weighted by atomic mass is 35.5. The third-order valence-electron chi connectivity index (χ3n) is 2.04. The first kappa shape index (κ1) is 13.5. The van der Waals surface area contributed by atoms with E-state index in [1.54, 1.807) is 18.2 Å². The summed E-state index contributed by atoms with van der Waals surface area (Å²) in [5.74, 6) is 0.103.